The molecular formula is C13H23N3O. The molecule has 4 nitrogen and oxygen atoms in total. The minimum absolute atomic E-state index is 0.0981. The summed E-state index contributed by atoms with van der Waals surface area (Å²) in [5.41, 5.74) is 2.59. The van der Waals surface area contributed by atoms with Crippen molar-refractivity contribution in [3.05, 3.63) is 17.5 Å². The molecule has 1 aromatic rings. The molecule has 2 unspecified atom stereocenters. The normalized spacial score (nSPS) is 28.8. The van der Waals surface area contributed by atoms with Crippen molar-refractivity contribution in [3.8, 4) is 0 Å². The van der Waals surface area contributed by atoms with Gasteiger partial charge in [0.15, 0.2) is 0 Å². The summed E-state index contributed by atoms with van der Waals surface area (Å²) >= 11 is 0. The van der Waals surface area contributed by atoms with Crippen LogP contribution in [0.1, 0.15) is 38.4 Å². The maximum Gasteiger partial charge on any atom is 0.0726 e. The third kappa shape index (κ3) is 2.53. The van der Waals surface area contributed by atoms with E-state index in [1.54, 1.807) is 0 Å². The van der Waals surface area contributed by atoms with Gasteiger partial charge < -0.3 is 10.1 Å². The van der Waals surface area contributed by atoms with Crippen LogP contribution in [0.2, 0.25) is 0 Å². The molecule has 2 heterocycles. The monoisotopic (exact) mass is 237 g/mol. The molecule has 0 amide bonds. The first-order valence-corrected chi connectivity index (χ1v) is 6.43. The largest absolute Gasteiger partial charge is 0.377 e. The van der Waals surface area contributed by atoms with Crippen LogP contribution in [0.15, 0.2) is 6.20 Å². The minimum atomic E-state index is 0.0981. The van der Waals surface area contributed by atoms with Crippen molar-refractivity contribution in [2.24, 2.45) is 7.05 Å². The standard InChI is InChI=1S/C13H23N3O/c1-5-12-11(9-16(4)15-12)8-14-13(3)6-7-17-10(13)2/h9-10,14H,5-8H2,1-4H3. The molecule has 1 saturated heterocycles. The van der Waals surface area contributed by atoms with Crippen LogP contribution in [0.5, 0.6) is 0 Å². The van der Waals surface area contributed by atoms with Crippen LogP contribution in [0.25, 0.3) is 0 Å². The lowest BCUT2D eigenvalue weighted by atomic mass is 9.94. The highest BCUT2D eigenvalue weighted by atomic mass is 16.5. The van der Waals surface area contributed by atoms with Gasteiger partial charge in [-0.1, -0.05) is 6.92 Å². The van der Waals surface area contributed by atoms with Gasteiger partial charge in [0.25, 0.3) is 0 Å². The van der Waals surface area contributed by atoms with E-state index in [9.17, 15) is 0 Å². The van der Waals surface area contributed by atoms with Crippen LogP contribution in [0.3, 0.4) is 0 Å². The molecule has 4 heteroatoms. The van der Waals surface area contributed by atoms with Crippen LogP contribution >= 0.6 is 0 Å². The van der Waals surface area contributed by atoms with Crippen molar-refractivity contribution in [2.75, 3.05) is 6.61 Å². The molecular weight excluding hydrogens is 214 g/mol. The average molecular weight is 237 g/mol. The van der Waals surface area contributed by atoms with Gasteiger partial charge in [0.2, 0.25) is 0 Å². The SMILES string of the molecule is CCc1nn(C)cc1CNC1(C)CCOC1C. The number of hydrogen-bond acceptors (Lipinski definition) is 3. The molecule has 0 aliphatic carbocycles. The fourth-order valence-electron chi connectivity index (χ4n) is 2.39. The second-order valence-corrected chi connectivity index (χ2v) is 5.16. The van der Waals surface area contributed by atoms with Gasteiger partial charge >= 0.3 is 0 Å². The number of aromatic nitrogens is 2. The zero-order valence-electron chi connectivity index (χ0n) is 11.3. The quantitative estimate of drug-likeness (QED) is 0.865. The fraction of sp³-hybridized carbons (Fsp3) is 0.769. The first-order chi connectivity index (χ1) is 8.05. The maximum atomic E-state index is 5.64. The predicted octanol–water partition coefficient (Wildman–Crippen LogP) is 1.64. The molecule has 1 fully saturated rings. The molecule has 0 radical (unpaired) electrons. The third-order valence-corrected chi connectivity index (χ3v) is 3.90. The Balaban J connectivity index is 2.02. The average Bonchev–Trinajstić information content (AvgIpc) is 2.81. The Bertz CT molecular complexity index is 388. The van der Waals surface area contributed by atoms with Crippen LogP contribution in [-0.2, 0) is 24.8 Å². The highest BCUT2D eigenvalue weighted by molar-refractivity contribution is 5.17. The molecule has 2 rings (SSSR count). The summed E-state index contributed by atoms with van der Waals surface area (Å²) < 4.78 is 7.53. The number of nitrogens with one attached hydrogen (secondary N) is 1. The van der Waals surface area contributed by atoms with E-state index in [0.717, 1.165) is 26.0 Å². The van der Waals surface area contributed by atoms with Gasteiger partial charge in [0.05, 0.1) is 11.8 Å². The van der Waals surface area contributed by atoms with E-state index in [1.165, 1.54) is 11.3 Å². The van der Waals surface area contributed by atoms with E-state index in [2.05, 4.69) is 37.4 Å². The highest BCUT2D eigenvalue weighted by Crippen LogP contribution is 2.25. The number of nitrogens with zero attached hydrogens (tertiary/aromatic N) is 2. The Morgan fingerprint density at radius 2 is 2.41 bits per heavy atom. The Kier molecular flexibility index (Phi) is 3.54. The Morgan fingerprint density at radius 3 is 3.00 bits per heavy atom. The summed E-state index contributed by atoms with van der Waals surface area (Å²) in [5, 5.41) is 8.10. The van der Waals surface area contributed by atoms with E-state index in [0.29, 0.717) is 0 Å². The predicted molar refractivity (Wildman–Crippen MR) is 67.9 cm³/mol. The van der Waals surface area contributed by atoms with Gasteiger partial charge in [0, 0.05) is 37.5 Å². The van der Waals surface area contributed by atoms with Crippen LogP contribution in [-0.4, -0.2) is 28.0 Å². The third-order valence-electron chi connectivity index (χ3n) is 3.90. The van der Waals surface area contributed by atoms with Crippen LogP contribution < -0.4 is 5.32 Å². The van der Waals surface area contributed by atoms with Gasteiger partial charge in [-0.3, -0.25) is 4.68 Å². The Labute approximate surface area is 103 Å². The Hall–Kier alpha value is -0.870. The molecule has 2 atom stereocenters. The number of rotatable bonds is 4. The molecule has 0 saturated carbocycles. The molecule has 1 N–H and O–H groups in total. The zero-order valence-corrected chi connectivity index (χ0v) is 11.3. The molecule has 96 valence electrons. The van der Waals surface area contributed by atoms with Crippen molar-refractivity contribution in [3.63, 3.8) is 0 Å². The minimum Gasteiger partial charge on any atom is -0.377 e. The summed E-state index contributed by atoms with van der Waals surface area (Å²) in [4.78, 5) is 0. The van der Waals surface area contributed by atoms with Gasteiger partial charge in [-0.15, -0.1) is 0 Å². The zero-order chi connectivity index (χ0) is 12.5. The lowest BCUT2D eigenvalue weighted by Crippen LogP contribution is -2.47. The van der Waals surface area contributed by atoms with Gasteiger partial charge in [-0.05, 0) is 26.7 Å². The summed E-state index contributed by atoms with van der Waals surface area (Å²) in [6.07, 6.45) is 4.45. The van der Waals surface area contributed by atoms with Gasteiger partial charge in [-0.2, -0.15) is 5.10 Å². The van der Waals surface area contributed by atoms with E-state index >= 15 is 0 Å². The van der Waals surface area contributed by atoms with Crippen molar-refractivity contribution < 1.29 is 4.74 Å². The summed E-state index contributed by atoms with van der Waals surface area (Å²) in [5.74, 6) is 0. The van der Waals surface area contributed by atoms with Crippen LogP contribution in [0.4, 0.5) is 0 Å². The van der Waals surface area contributed by atoms with Crippen molar-refractivity contribution >= 4 is 0 Å². The second kappa shape index (κ2) is 4.78. The fourth-order valence-corrected chi connectivity index (χ4v) is 2.39. The smallest absolute Gasteiger partial charge is 0.0726 e. The first kappa shape index (κ1) is 12.6. The Morgan fingerprint density at radius 1 is 1.65 bits per heavy atom. The summed E-state index contributed by atoms with van der Waals surface area (Å²) in [6, 6.07) is 0. The maximum absolute atomic E-state index is 5.64. The van der Waals surface area contributed by atoms with E-state index in [-0.39, 0.29) is 11.6 Å². The number of aryl methyl sites for hydroxylation is 2. The number of ether oxygens (including phenoxy) is 1. The molecule has 1 aliphatic heterocycles. The van der Waals surface area contributed by atoms with Crippen molar-refractivity contribution in [1.82, 2.24) is 15.1 Å². The first-order valence-electron chi connectivity index (χ1n) is 6.43. The molecule has 0 spiro atoms. The molecule has 0 aromatic carbocycles. The second-order valence-electron chi connectivity index (χ2n) is 5.16. The van der Waals surface area contributed by atoms with Crippen molar-refractivity contribution in [2.45, 2.75) is 51.8 Å². The summed E-state index contributed by atoms with van der Waals surface area (Å²) in [6.45, 7) is 8.27. The molecule has 1 aromatic heterocycles. The lowest BCUT2D eigenvalue weighted by molar-refractivity contribution is 0.0881. The summed E-state index contributed by atoms with van der Waals surface area (Å²) in [7, 11) is 1.98. The van der Waals surface area contributed by atoms with E-state index in [1.807, 2.05) is 11.7 Å². The highest BCUT2D eigenvalue weighted by Gasteiger charge is 2.36. The molecule has 0 bridgehead atoms. The van der Waals surface area contributed by atoms with Crippen LogP contribution in [0, 0.1) is 0 Å². The lowest BCUT2D eigenvalue weighted by Gasteiger charge is -2.29. The molecule has 17 heavy (non-hydrogen) atoms. The van der Waals surface area contributed by atoms with E-state index in [4.69, 9.17) is 4.74 Å². The van der Waals surface area contributed by atoms with Gasteiger partial charge in [0.1, 0.15) is 0 Å². The van der Waals surface area contributed by atoms with Crippen molar-refractivity contribution in [1.29, 1.82) is 0 Å². The molecule has 1 aliphatic rings. The topological polar surface area (TPSA) is 39.1 Å². The van der Waals surface area contributed by atoms with E-state index < -0.39 is 0 Å². The van der Waals surface area contributed by atoms with Gasteiger partial charge in [-0.25, -0.2) is 0 Å². The number of hydrogen-bond donors (Lipinski definition) is 1.